The normalized spacial score (nSPS) is 27.7. The molecule has 4 atom stereocenters. The van der Waals surface area contributed by atoms with Gasteiger partial charge in [0.2, 0.25) is 5.91 Å². The van der Waals surface area contributed by atoms with Crippen LogP contribution in [0.1, 0.15) is 79.1 Å². The van der Waals surface area contributed by atoms with Gasteiger partial charge in [-0.2, -0.15) is 0 Å². The Morgan fingerprint density at radius 3 is 2.13 bits per heavy atom. The molecule has 3 nitrogen and oxygen atoms in total. The maximum absolute atomic E-state index is 13.0. The van der Waals surface area contributed by atoms with Crippen molar-refractivity contribution in [2.24, 2.45) is 40.7 Å². The molecule has 0 aromatic rings. The highest BCUT2D eigenvalue weighted by Gasteiger charge is 2.43. The zero-order valence-electron chi connectivity index (χ0n) is 15.4. The van der Waals surface area contributed by atoms with E-state index in [1.54, 1.807) is 0 Å². The lowest BCUT2D eigenvalue weighted by Crippen LogP contribution is -2.40. The predicted octanol–water partition coefficient (Wildman–Crippen LogP) is 4.34. The maximum Gasteiger partial charge on any atom is 0.221 e. The smallest absolute Gasteiger partial charge is 0.221 e. The molecule has 0 aromatic heterocycles. The molecule has 0 saturated heterocycles. The number of Topliss-reactive ketones (excluding diaryl/α,β-unsaturated/α-hetero) is 1. The zero-order chi connectivity index (χ0) is 17.2. The number of ketones is 1. The summed E-state index contributed by atoms with van der Waals surface area (Å²) < 4.78 is 0. The molecule has 2 fully saturated rings. The quantitative estimate of drug-likeness (QED) is 0.723. The Hall–Kier alpha value is -0.860. The molecular weight excluding hydrogens is 286 g/mol. The number of amides is 1. The van der Waals surface area contributed by atoms with Crippen LogP contribution in [0.15, 0.2) is 0 Å². The molecule has 0 spiro atoms. The standard InChI is InChI=1S/C20H35NO2/c1-13-11-15(13)12-17(18(22)20(2,3)4)16(19(21)23)10-9-14-7-5-6-8-14/h13-17H,5-12H2,1-4H3,(H2,21,23)/t13?,15?,16-,17+/m0/s1. The van der Waals surface area contributed by atoms with Gasteiger partial charge in [0.1, 0.15) is 5.78 Å². The van der Waals surface area contributed by atoms with E-state index in [-0.39, 0.29) is 23.5 Å². The number of carbonyl (C=O) groups is 2. The summed E-state index contributed by atoms with van der Waals surface area (Å²) in [6.45, 7) is 8.14. The number of carbonyl (C=O) groups excluding carboxylic acids is 2. The molecule has 3 heteroatoms. The number of hydrogen-bond acceptors (Lipinski definition) is 2. The van der Waals surface area contributed by atoms with Crippen molar-refractivity contribution in [1.29, 1.82) is 0 Å². The summed E-state index contributed by atoms with van der Waals surface area (Å²) in [7, 11) is 0. The molecule has 1 amide bonds. The van der Waals surface area contributed by atoms with E-state index in [4.69, 9.17) is 5.73 Å². The van der Waals surface area contributed by atoms with Gasteiger partial charge in [0.05, 0.1) is 0 Å². The van der Waals surface area contributed by atoms with Crippen LogP contribution in [0, 0.1) is 35.0 Å². The van der Waals surface area contributed by atoms with Gasteiger partial charge >= 0.3 is 0 Å². The summed E-state index contributed by atoms with van der Waals surface area (Å²) >= 11 is 0. The highest BCUT2D eigenvalue weighted by atomic mass is 16.1. The summed E-state index contributed by atoms with van der Waals surface area (Å²) in [4.78, 5) is 25.1. The van der Waals surface area contributed by atoms with Crippen molar-refractivity contribution in [3.63, 3.8) is 0 Å². The molecule has 2 rings (SSSR count). The van der Waals surface area contributed by atoms with Crippen LogP contribution in [0.25, 0.3) is 0 Å². The van der Waals surface area contributed by atoms with Gasteiger partial charge in [-0.3, -0.25) is 9.59 Å². The Kier molecular flexibility index (Phi) is 5.91. The van der Waals surface area contributed by atoms with Crippen molar-refractivity contribution in [3.05, 3.63) is 0 Å². The Balaban J connectivity index is 2.07. The van der Waals surface area contributed by atoms with E-state index in [1.807, 2.05) is 20.8 Å². The minimum Gasteiger partial charge on any atom is -0.369 e. The van der Waals surface area contributed by atoms with Gasteiger partial charge in [0.15, 0.2) is 0 Å². The van der Waals surface area contributed by atoms with E-state index in [2.05, 4.69) is 6.92 Å². The van der Waals surface area contributed by atoms with Crippen molar-refractivity contribution in [1.82, 2.24) is 0 Å². The first kappa shape index (κ1) is 18.5. The van der Waals surface area contributed by atoms with Crippen molar-refractivity contribution in [2.75, 3.05) is 0 Å². The minimum atomic E-state index is -0.399. The van der Waals surface area contributed by atoms with Crippen molar-refractivity contribution >= 4 is 11.7 Å². The molecular formula is C20H35NO2. The lowest BCUT2D eigenvalue weighted by atomic mass is 9.72. The van der Waals surface area contributed by atoms with E-state index in [9.17, 15) is 9.59 Å². The summed E-state index contributed by atoms with van der Waals surface area (Å²) in [5, 5.41) is 0. The first-order chi connectivity index (χ1) is 10.7. The van der Waals surface area contributed by atoms with Gasteiger partial charge in [0.25, 0.3) is 0 Å². The van der Waals surface area contributed by atoms with Crippen LogP contribution < -0.4 is 5.73 Å². The van der Waals surface area contributed by atoms with Crippen LogP contribution in [0.5, 0.6) is 0 Å². The largest absolute Gasteiger partial charge is 0.369 e. The van der Waals surface area contributed by atoms with Crippen LogP contribution in [-0.2, 0) is 9.59 Å². The van der Waals surface area contributed by atoms with Crippen molar-refractivity contribution in [2.45, 2.75) is 79.1 Å². The van der Waals surface area contributed by atoms with Crippen molar-refractivity contribution in [3.8, 4) is 0 Å². The van der Waals surface area contributed by atoms with Crippen LogP contribution >= 0.6 is 0 Å². The molecule has 2 saturated carbocycles. The van der Waals surface area contributed by atoms with E-state index in [0.29, 0.717) is 11.8 Å². The van der Waals surface area contributed by atoms with Crippen LogP contribution in [0.3, 0.4) is 0 Å². The van der Waals surface area contributed by atoms with Gasteiger partial charge in [-0.15, -0.1) is 0 Å². The van der Waals surface area contributed by atoms with Crippen molar-refractivity contribution < 1.29 is 9.59 Å². The molecule has 2 aliphatic carbocycles. The third-order valence-corrected chi connectivity index (χ3v) is 6.12. The summed E-state index contributed by atoms with van der Waals surface area (Å²) in [5.74, 6) is 1.57. The fourth-order valence-electron chi connectivity index (χ4n) is 4.32. The third-order valence-electron chi connectivity index (χ3n) is 6.12. The van der Waals surface area contributed by atoms with E-state index in [0.717, 1.165) is 25.2 Å². The molecule has 0 bridgehead atoms. The number of rotatable bonds is 8. The van der Waals surface area contributed by atoms with Crippen LogP contribution in [0.2, 0.25) is 0 Å². The molecule has 2 aliphatic rings. The van der Waals surface area contributed by atoms with Gasteiger partial charge in [0, 0.05) is 17.3 Å². The molecule has 2 N–H and O–H groups in total. The fourth-order valence-corrected chi connectivity index (χ4v) is 4.32. The highest BCUT2D eigenvalue weighted by molar-refractivity contribution is 5.91. The first-order valence-corrected chi connectivity index (χ1v) is 9.53. The van der Waals surface area contributed by atoms with E-state index < -0.39 is 5.41 Å². The average Bonchev–Trinajstić information content (AvgIpc) is 2.92. The Bertz CT molecular complexity index is 431. The third kappa shape index (κ3) is 5.06. The van der Waals surface area contributed by atoms with Gasteiger partial charge < -0.3 is 5.73 Å². The molecule has 0 radical (unpaired) electrons. The monoisotopic (exact) mass is 321 g/mol. The summed E-state index contributed by atoms with van der Waals surface area (Å²) in [6, 6.07) is 0. The molecule has 0 aliphatic heterocycles. The second-order valence-electron chi connectivity index (χ2n) is 9.17. The van der Waals surface area contributed by atoms with Crippen LogP contribution in [-0.4, -0.2) is 11.7 Å². The highest BCUT2D eigenvalue weighted by Crippen LogP contribution is 2.46. The topological polar surface area (TPSA) is 60.2 Å². The molecule has 0 aromatic carbocycles. The first-order valence-electron chi connectivity index (χ1n) is 9.53. The Morgan fingerprint density at radius 1 is 1.13 bits per heavy atom. The molecule has 132 valence electrons. The predicted molar refractivity (Wildman–Crippen MR) is 93.7 cm³/mol. The Labute approximate surface area is 141 Å². The maximum atomic E-state index is 13.0. The summed E-state index contributed by atoms with van der Waals surface area (Å²) in [6.07, 6.45) is 9.10. The number of nitrogens with two attached hydrogens (primary N) is 1. The Morgan fingerprint density at radius 2 is 1.70 bits per heavy atom. The lowest BCUT2D eigenvalue weighted by molar-refractivity contribution is -0.137. The average molecular weight is 322 g/mol. The number of hydrogen-bond donors (Lipinski definition) is 1. The molecule has 23 heavy (non-hydrogen) atoms. The van der Waals surface area contributed by atoms with Gasteiger partial charge in [-0.25, -0.2) is 0 Å². The van der Waals surface area contributed by atoms with E-state index >= 15 is 0 Å². The second-order valence-corrected chi connectivity index (χ2v) is 9.17. The van der Waals surface area contributed by atoms with Gasteiger partial charge in [-0.05, 0) is 43.4 Å². The minimum absolute atomic E-state index is 0.177. The van der Waals surface area contributed by atoms with Gasteiger partial charge in [-0.1, -0.05) is 53.4 Å². The lowest BCUT2D eigenvalue weighted by Gasteiger charge is -2.30. The number of primary amides is 1. The van der Waals surface area contributed by atoms with Crippen LogP contribution in [0.4, 0.5) is 0 Å². The fraction of sp³-hybridized carbons (Fsp3) is 0.900. The summed E-state index contributed by atoms with van der Waals surface area (Å²) in [5.41, 5.74) is 5.34. The SMILES string of the molecule is CC1CC1C[C@@H](C(=O)C(C)(C)C)[C@H](CCC1CCCC1)C(N)=O. The molecule has 2 unspecified atom stereocenters. The zero-order valence-corrected chi connectivity index (χ0v) is 15.4. The second kappa shape index (κ2) is 7.36. The molecule has 0 heterocycles. The van der Waals surface area contributed by atoms with E-state index in [1.165, 1.54) is 32.1 Å².